The molecule has 0 spiro atoms. The van der Waals surface area contributed by atoms with Crippen LogP contribution in [0.15, 0.2) is 24.3 Å². The van der Waals surface area contributed by atoms with Crippen LogP contribution in [0, 0.1) is 18.8 Å². The molecular formula is C18H26N4O. The molecule has 0 aliphatic carbocycles. The number of fused-ring (bicyclic) bond motifs is 1. The van der Waals surface area contributed by atoms with Crippen molar-refractivity contribution in [2.24, 2.45) is 11.8 Å². The number of hydrogen-bond donors (Lipinski definition) is 1. The molecule has 1 aliphatic heterocycles. The maximum absolute atomic E-state index is 12.4. The number of rotatable bonds is 3. The number of aryl methyl sites for hydroxylation is 1. The Bertz CT molecular complexity index is 683. The Balaban J connectivity index is 1.58. The summed E-state index contributed by atoms with van der Waals surface area (Å²) in [6.45, 7) is 9.55. The first-order valence-electron chi connectivity index (χ1n) is 8.49. The van der Waals surface area contributed by atoms with Crippen LogP contribution in [0.3, 0.4) is 0 Å². The molecule has 0 saturated carbocycles. The fourth-order valence-corrected chi connectivity index (χ4v) is 3.69. The van der Waals surface area contributed by atoms with Gasteiger partial charge in [-0.2, -0.15) is 0 Å². The summed E-state index contributed by atoms with van der Waals surface area (Å²) in [5, 5.41) is 3.06. The molecule has 124 valence electrons. The lowest BCUT2D eigenvalue weighted by atomic mass is 9.92. The number of hydrogen-bond acceptors (Lipinski definition) is 2. The molecule has 0 bridgehead atoms. The van der Waals surface area contributed by atoms with Crippen LogP contribution >= 0.6 is 0 Å². The van der Waals surface area contributed by atoms with E-state index < -0.39 is 0 Å². The van der Waals surface area contributed by atoms with Crippen LogP contribution in [0.2, 0.25) is 0 Å². The van der Waals surface area contributed by atoms with E-state index in [1.165, 1.54) is 6.42 Å². The number of aromatic nitrogens is 2. The highest BCUT2D eigenvalue weighted by molar-refractivity contribution is 5.76. The number of nitrogens with zero attached hydrogens (tertiary/aromatic N) is 3. The molecule has 1 N–H and O–H groups in total. The van der Waals surface area contributed by atoms with Crippen molar-refractivity contribution in [1.29, 1.82) is 0 Å². The summed E-state index contributed by atoms with van der Waals surface area (Å²) < 4.78 is 2.16. The van der Waals surface area contributed by atoms with Gasteiger partial charge in [0.15, 0.2) is 0 Å². The molecule has 0 radical (unpaired) electrons. The fourth-order valence-electron chi connectivity index (χ4n) is 3.69. The van der Waals surface area contributed by atoms with Gasteiger partial charge in [0, 0.05) is 26.2 Å². The summed E-state index contributed by atoms with van der Waals surface area (Å²) in [6.07, 6.45) is 1.21. The number of piperidine rings is 1. The zero-order chi connectivity index (χ0) is 16.4. The number of likely N-dealkylation sites (tertiary alicyclic amines) is 1. The van der Waals surface area contributed by atoms with Crippen LogP contribution in [0.1, 0.15) is 26.1 Å². The Morgan fingerprint density at radius 1 is 1.26 bits per heavy atom. The number of para-hydroxylation sites is 2. The van der Waals surface area contributed by atoms with E-state index in [4.69, 9.17) is 0 Å². The number of carbonyl (C=O) groups excluding carboxylic acids is 1. The summed E-state index contributed by atoms with van der Waals surface area (Å²) in [5.74, 6) is 2.16. The predicted octanol–water partition coefficient (Wildman–Crippen LogP) is 3.03. The largest absolute Gasteiger partial charge is 0.336 e. The van der Waals surface area contributed by atoms with Crippen molar-refractivity contribution >= 4 is 17.1 Å². The number of carbonyl (C=O) groups is 1. The molecule has 1 aromatic carbocycles. The van der Waals surface area contributed by atoms with Crippen molar-refractivity contribution in [2.45, 2.75) is 33.7 Å². The monoisotopic (exact) mass is 314 g/mol. The highest BCUT2D eigenvalue weighted by Gasteiger charge is 2.25. The predicted molar refractivity (Wildman–Crippen MR) is 92.4 cm³/mol. The zero-order valence-corrected chi connectivity index (χ0v) is 14.2. The SMILES string of the molecule is Cc1nc2ccccc2n1CCNC(=O)N1CC(C)CC(C)C1. The molecule has 3 rings (SSSR count). The first kappa shape index (κ1) is 15.8. The van der Waals surface area contributed by atoms with Crippen LogP contribution < -0.4 is 5.32 Å². The topological polar surface area (TPSA) is 50.2 Å². The van der Waals surface area contributed by atoms with Crippen molar-refractivity contribution in [3.05, 3.63) is 30.1 Å². The van der Waals surface area contributed by atoms with Gasteiger partial charge in [-0.3, -0.25) is 0 Å². The third-order valence-corrected chi connectivity index (χ3v) is 4.61. The molecule has 5 nitrogen and oxygen atoms in total. The average Bonchev–Trinajstić information content (AvgIpc) is 2.82. The summed E-state index contributed by atoms with van der Waals surface area (Å²) >= 11 is 0. The van der Waals surface area contributed by atoms with Gasteiger partial charge in [0.1, 0.15) is 5.82 Å². The van der Waals surface area contributed by atoms with Gasteiger partial charge in [-0.1, -0.05) is 26.0 Å². The van der Waals surface area contributed by atoms with Crippen molar-refractivity contribution in [3.63, 3.8) is 0 Å². The molecule has 23 heavy (non-hydrogen) atoms. The van der Waals surface area contributed by atoms with E-state index in [9.17, 15) is 4.79 Å². The minimum atomic E-state index is 0.0606. The summed E-state index contributed by atoms with van der Waals surface area (Å²) in [5.41, 5.74) is 2.13. The van der Waals surface area contributed by atoms with E-state index in [0.717, 1.165) is 36.5 Å². The third-order valence-electron chi connectivity index (χ3n) is 4.61. The van der Waals surface area contributed by atoms with Gasteiger partial charge in [-0.05, 0) is 37.3 Å². The lowest BCUT2D eigenvalue weighted by molar-refractivity contribution is 0.146. The smallest absolute Gasteiger partial charge is 0.317 e. The fraction of sp³-hybridized carbons (Fsp3) is 0.556. The zero-order valence-electron chi connectivity index (χ0n) is 14.2. The minimum absolute atomic E-state index is 0.0606. The van der Waals surface area contributed by atoms with Crippen LogP contribution in [-0.2, 0) is 6.54 Å². The number of imidazole rings is 1. The number of benzene rings is 1. The lowest BCUT2D eigenvalue weighted by Crippen LogP contribution is -2.48. The van der Waals surface area contributed by atoms with E-state index >= 15 is 0 Å². The highest BCUT2D eigenvalue weighted by Crippen LogP contribution is 2.20. The molecule has 2 heterocycles. The summed E-state index contributed by atoms with van der Waals surface area (Å²) in [7, 11) is 0. The van der Waals surface area contributed by atoms with E-state index in [-0.39, 0.29) is 6.03 Å². The lowest BCUT2D eigenvalue weighted by Gasteiger charge is -2.34. The first-order valence-corrected chi connectivity index (χ1v) is 8.49. The molecule has 1 fully saturated rings. The van der Waals surface area contributed by atoms with Gasteiger partial charge in [0.05, 0.1) is 11.0 Å². The maximum Gasteiger partial charge on any atom is 0.317 e. The minimum Gasteiger partial charge on any atom is -0.336 e. The highest BCUT2D eigenvalue weighted by atomic mass is 16.2. The standard InChI is InChI=1S/C18H26N4O/c1-13-10-14(2)12-21(11-13)18(23)19-8-9-22-15(3)20-16-6-4-5-7-17(16)22/h4-7,13-14H,8-12H2,1-3H3,(H,19,23). The van der Waals surface area contributed by atoms with E-state index in [2.05, 4.69) is 34.8 Å². The molecular weight excluding hydrogens is 288 g/mol. The van der Waals surface area contributed by atoms with Crippen molar-refractivity contribution in [1.82, 2.24) is 19.8 Å². The van der Waals surface area contributed by atoms with Crippen LogP contribution in [0.25, 0.3) is 11.0 Å². The van der Waals surface area contributed by atoms with Gasteiger partial charge in [0.25, 0.3) is 0 Å². The Hall–Kier alpha value is -2.04. The molecule has 1 aliphatic rings. The number of urea groups is 1. The molecule has 5 heteroatoms. The van der Waals surface area contributed by atoms with Crippen LogP contribution in [0.5, 0.6) is 0 Å². The van der Waals surface area contributed by atoms with E-state index in [0.29, 0.717) is 18.4 Å². The van der Waals surface area contributed by atoms with Gasteiger partial charge in [-0.25, -0.2) is 9.78 Å². The van der Waals surface area contributed by atoms with Crippen molar-refractivity contribution < 1.29 is 4.79 Å². The Kier molecular flexibility index (Phi) is 4.55. The molecule has 1 aromatic heterocycles. The maximum atomic E-state index is 12.4. The molecule has 2 unspecified atom stereocenters. The van der Waals surface area contributed by atoms with Crippen molar-refractivity contribution in [2.75, 3.05) is 19.6 Å². The second-order valence-corrected chi connectivity index (χ2v) is 6.88. The average molecular weight is 314 g/mol. The first-order chi connectivity index (χ1) is 11.0. The van der Waals surface area contributed by atoms with Gasteiger partial charge >= 0.3 is 6.03 Å². The third kappa shape index (κ3) is 3.49. The van der Waals surface area contributed by atoms with E-state index in [1.807, 2.05) is 30.0 Å². The molecule has 2 amide bonds. The quantitative estimate of drug-likeness (QED) is 0.946. The van der Waals surface area contributed by atoms with Gasteiger partial charge < -0.3 is 14.8 Å². The number of amides is 2. The number of nitrogens with one attached hydrogen (secondary N) is 1. The normalized spacial score (nSPS) is 21.6. The second-order valence-electron chi connectivity index (χ2n) is 6.88. The van der Waals surface area contributed by atoms with Gasteiger partial charge in [0.2, 0.25) is 0 Å². The van der Waals surface area contributed by atoms with E-state index in [1.54, 1.807) is 0 Å². The molecule has 1 saturated heterocycles. The Morgan fingerprint density at radius 2 is 1.96 bits per heavy atom. The Labute approximate surface area is 137 Å². The molecule has 2 atom stereocenters. The Morgan fingerprint density at radius 3 is 2.70 bits per heavy atom. The summed E-state index contributed by atoms with van der Waals surface area (Å²) in [4.78, 5) is 18.9. The van der Waals surface area contributed by atoms with Gasteiger partial charge in [-0.15, -0.1) is 0 Å². The van der Waals surface area contributed by atoms with Crippen molar-refractivity contribution in [3.8, 4) is 0 Å². The van der Waals surface area contributed by atoms with Crippen LogP contribution in [-0.4, -0.2) is 40.1 Å². The summed E-state index contributed by atoms with van der Waals surface area (Å²) in [6, 6.07) is 8.18. The molecule has 2 aromatic rings. The second kappa shape index (κ2) is 6.60. The van der Waals surface area contributed by atoms with Crippen LogP contribution in [0.4, 0.5) is 4.79 Å².